The number of carbonyl (C=O) groups is 1. The lowest BCUT2D eigenvalue weighted by Gasteiger charge is -2.38. The summed E-state index contributed by atoms with van der Waals surface area (Å²) < 4.78 is 5.48. The largest absolute Gasteiger partial charge is 0.444 e. The molecule has 1 amide bonds. The summed E-state index contributed by atoms with van der Waals surface area (Å²) in [6, 6.07) is 0. The van der Waals surface area contributed by atoms with Gasteiger partial charge in [0.25, 0.3) is 0 Å². The molecule has 1 N–H and O–H groups in total. The van der Waals surface area contributed by atoms with Gasteiger partial charge in [-0.2, -0.15) is 0 Å². The predicted molar refractivity (Wildman–Crippen MR) is 89.6 cm³/mol. The van der Waals surface area contributed by atoms with E-state index in [1.807, 2.05) is 25.7 Å². The van der Waals surface area contributed by atoms with Gasteiger partial charge in [0.1, 0.15) is 11.4 Å². The highest BCUT2D eigenvalue weighted by atomic mass is 16.6. The summed E-state index contributed by atoms with van der Waals surface area (Å²) >= 11 is 0. The van der Waals surface area contributed by atoms with E-state index < -0.39 is 5.60 Å². The van der Waals surface area contributed by atoms with Gasteiger partial charge in [-0.1, -0.05) is 6.92 Å². The third-order valence-corrected chi connectivity index (χ3v) is 5.05. The van der Waals surface area contributed by atoms with Gasteiger partial charge in [-0.25, -0.2) is 9.78 Å². The van der Waals surface area contributed by atoms with Gasteiger partial charge >= 0.3 is 6.09 Å². The van der Waals surface area contributed by atoms with Crippen molar-refractivity contribution in [3.63, 3.8) is 0 Å². The molecule has 1 saturated heterocycles. The van der Waals surface area contributed by atoms with Crippen LogP contribution in [0.4, 0.5) is 4.79 Å². The number of aryl methyl sites for hydroxylation is 2. The lowest BCUT2D eigenvalue weighted by molar-refractivity contribution is 0.0168. The molecule has 0 atom stereocenters. The van der Waals surface area contributed by atoms with Crippen molar-refractivity contribution >= 4 is 6.09 Å². The average molecular weight is 319 g/mol. The maximum absolute atomic E-state index is 12.2. The molecular formula is C18H29N3O2. The second-order valence-corrected chi connectivity index (χ2v) is 8.25. The molecule has 1 aromatic heterocycles. The predicted octanol–water partition coefficient (Wildman–Crippen LogP) is 3.58. The van der Waals surface area contributed by atoms with Gasteiger partial charge in [-0.15, -0.1) is 0 Å². The maximum Gasteiger partial charge on any atom is 0.410 e. The molecule has 2 heterocycles. The number of fused-ring (bicyclic) bond motifs is 1. The van der Waals surface area contributed by atoms with Crippen LogP contribution in [0.1, 0.15) is 70.6 Å². The van der Waals surface area contributed by atoms with Gasteiger partial charge in [-0.05, 0) is 59.3 Å². The van der Waals surface area contributed by atoms with Crippen molar-refractivity contribution < 1.29 is 9.53 Å². The summed E-state index contributed by atoms with van der Waals surface area (Å²) in [5, 5.41) is 0. The van der Waals surface area contributed by atoms with Gasteiger partial charge in [0.15, 0.2) is 0 Å². The molecule has 1 fully saturated rings. The number of piperidine rings is 1. The molecule has 0 aromatic carbocycles. The highest BCUT2D eigenvalue weighted by molar-refractivity contribution is 5.68. The van der Waals surface area contributed by atoms with Crippen molar-refractivity contribution in [1.82, 2.24) is 14.9 Å². The summed E-state index contributed by atoms with van der Waals surface area (Å²) in [7, 11) is 0. The van der Waals surface area contributed by atoms with Gasteiger partial charge in [-0.3, -0.25) is 0 Å². The number of rotatable bonds is 1. The molecule has 5 nitrogen and oxygen atoms in total. The van der Waals surface area contributed by atoms with E-state index >= 15 is 0 Å². The van der Waals surface area contributed by atoms with E-state index in [-0.39, 0.29) is 11.5 Å². The number of aromatic amines is 1. The number of likely N-dealkylation sites (tertiary alicyclic amines) is 1. The molecule has 5 heteroatoms. The van der Waals surface area contributed by atoms with Crippen LogP contribution in [-0.2, 0) is 23.0 Å². The molecule has 23 heavy (non-hydrogen) atoms. The number of nitrogens with one attached hydrogen (secondary N) is 1. The van der Waals surface area contributed by atoms with Crippen molar-refractivity contribution in [1.29, 1.82) is 0 Å². The first kappa shape index (κ1) is 16.3. The molecule has 3 rings (SSSR count). The Kier molecular flexibility index (Phi) is 4.15. The van der Waals surface area contributed by atoms with Gasteiger partial charge < -0.3 is 14.6 Å². The van der Waals surface area contributed by atoms with Crippen LogP contribution in [0, 0.1) is 0 Å². The molecule has 128 valence electrons. The number of H-pyrrole nitrogens is 1. The third kappa shape index (κ3) is 3.54. The fourth-order valence-corrected chi connectivity index (χ4v) is 3.49. The first-order valence-electron chi connectivity index (χ1n) is 8.83. The second-order valence-electron chi connectivity index (χ2n) is 8.25. The van der Waals surface area contributed by atoms with Gasteiger partial charge in [0.2, 0.25) is 0 Å². The molecule has 1 aliphatic carbocycles. The summed E-state index contributed by atoms with van der Waals surface area (Å²) in [6.07, 6.45) is 6.41. The van der Waals surface area contributed by atoms with Crippen LogP contribution in [0.5, 0.6) is 0 Å². The summed E-state index contributed by atoms with van der Waals surface area (Å²) in [6.45, 7) is 9.46. The minimum atomic E-state index is -0.433. The zero-order valence-corrected chi connectivity index (χ0v) is 14.9. The van der Waals surface area contributed by atoms with Crippen LogP contribution in [0.25, 0.3) is 0 Å². The van der Waals surface area contributed by atoms with Crippen molar-refractivity contribution in [2.45, 2.75) is 77.2 Å². The van der Waals surface area contributed by atoms with E-state index in [0.29, 0.717) is 0 Å². The molecule has 2 aliphatic rings. The number of nitrogens with zero attached hydrogens (tertiary/aromatic N) is 2. The lowest BCUT2D eigenvalue weighted by Crippen LogP contribution is -2.46. The fraction of sp³-hybridized carbons (Fsp3) is 0.778. The van der Waals surface area contributed by atoms with Gasteiger partial charge in [0.05, 0.1) is 5.69 Å². The third-order valence-electron chi connectivity index (χ3n) is 5.05. The monoisotopic (exact) mass is 319 g/mol. The van der Waals surface area contributed by atoms with Crippen molar-refractivity contribution in [2.24, 2.45) is 0 Å². The molecule has 1 aromatic rings. The Morgan fingerprint density at radius 2 is 1.87 bits per heavy atom. The molecule has 1 aliphatic heterocycles. The first-order valence-corrected chi connectivity index (χ1v) is 8.83. The van der Waals surface area contributed by atoms with Crippen molar-refractivity contribution in [3.8, 4) is 0 Å². The summed E-state index contributed by atoms with van der Waals surface area (Å²) in [5.41, 5.74) is 2.21. The normalized spacial score (nSPS) is 21.0. The van der Waals surface area contributed by atoms with E-state index in [9.17, 15) is 4.79 Å². The Bertz CT molecular complexity index is 554. The first-order chi connectivity index (χ1) is 10.8. The summed E-state index contributed by atoms with van der Waals surface area (Å²) in [4.78, 5) is 22.5. The second kappa shape index (κ2) is 5.84. The van der Waals surface area contributed by atoms with E-state index in [1.54, 1.807) is 0 Å². The smallest absolute Gasteiger partial charge is 0.410 e. The number of amides is 1. The van der Waals surface area contributed by atoms with Crippen LogP contribution in [0.3, 0.4) is 0 Å². The lowest BCUT2D eigenvalue weighted by atomic mass is 9.80. The van der Waals surface area contributed by atoms with Crippen molar-refractivity contribution in [3.05, 3.63) is 17.2 Å². The molecule has 0 unspecified atom stereocenters. The minimum absolute atomic E-state index is 0.0376. The van der Waals surface area contributed by atoms with Crippen LogP contribution < -0.4 is 0 Å². The quantitative estimate of drug-likeness (QED) is 0.861. The molecular weight excluding hydrogens is 290 g/mol. The number of hydrogen-bond acceptors (Lipinski definition) is 3. The topological polar surface area (TPSA) is 58.2 Å². The highest BCUT2D eigenvalue weighted by Crippen LogP contribution is 2.35. The SMILES string of the molecule is CC(C)(C)OC(=O)N1CCC(C)(c2nc3c([nH]2)CCCC3)CC1. The average Bonchev–Trinajstić information content (AvgIpc) is 2.91. The maximum atomic E-state index is 12.2. The van der Waals surface area contributed by atoms with E-state index in [4.69, 9.17) is 9.72 Å². The van der Waals surface area contributed by atoms with E-state index in [2.05, 4.69) is 11.9 Å². The van der Waals surface area contributed by atoms with E-state index in [0.717, 1.165) is 44.6 Å². The molecule has 0 bridgehead atoms. The number of hydrogen-bond donors (Lipinski definition) is 1. The Balaban J connectivity index is 1.65. The van der Waals surface area contributed by atoms with Gasteiger partial charge in [0, 0.05) is 24.2 Å². The van der Waals surface area contributed by atoms with Crippen LogP contribution in [0.15, 0.2) is 0 Å². The standard InChI is InChI=1S/C18H29N3O2/c1-17(2,3)23-16(22)21-11-9-18(4,10-12-21)15-19-13-7-5-6-8-14(13)20-15/h5-12H2,1-4H3,(H,19,20). The number of carbonyl (C=O) groups excluding carboxylic acids is 1. The number of ether oxygens (including phenoxy) is 1. The Hall–Kier alpha value is -1.52. The van der Waals surface area contributed by atoms with Crippen LogP contribution in [-0.4, -0.2) is 39.7 Å². The molecule has 0 saturated carbocycles. The number of aromatic nitrogens is 2. The summed E-state index contributed by atoms with van der Waals surface area (Å²) in [5.74, 6) is 1.12. The zero-order valence-electron chi connectivity index (χ0n) is 14.9. The Morgan fingerprint density at radius 3 is 2.48 bits per heavy atom. The Morgan fingerprint density at radius 1 is 1.22 bits per heavy atom. The Labute approximate surface area is 138 Å². The number of imidazole rings is 1. The van der Waals surface area contributed by atoms with Crippen LogP contribution in [0.2, 0.25) is 0 Å². The highest BCUT2D eigenvalue weighted by Gasteiger charge is 2.37. The molecule has 0 spiro atoms. The molecule has 0 radical (unpaired) electrons. The van der Waals surface area contributed by atoms with Crippen molar-refractivity contribution in [2.75, 3.05) is 13.1 Å². The fourth-order valence-electron chi connectivity index (χ4n) is 3.49. The zero-order chi connectivity index (χ0) is 16.7. The van der Waals surface area contributed by atoms with E-state index in [1.165, 1.54) is 24.2 Å². The van der Waals surface area contributed by atoms with Crippen LogP contribution >= 0.6 is 0 Å². The minimum Gasteiger partial charge on any atom is -0.444 e.